The first-order valence-corrected chi connectivity index (χ1v) is 8.03. The fourth-order valence-corrected chi connectivity index (χ4v) is 2.60. The van der Waals surface area contributed by atoms with Gasteiger partial charge in [-0.1, -0.05) is 41.7 Å². The SMILES string of the molecule is Cc1ccc(/C=N/NC(=O)C(=O)Nc2nnc(-c3ccccc3)s2)o1. The average Bonchev–Trinajstić information content (AvgIpc) is 3.24. The minimum atomic E-state index is -0.920. The van der Waals surface area contributed by atoms with Crippen LogP contribution in [0.5, 0.6) is 0 Å². The van der Waals surface area contributed by atoms with Crippen molar-refractivity contribution in [2.45, 2.75) is 6.92 Å². The zero-order valence-corrected chi connectivity index (χ0v) is 13.9. The summed E-state index contributed by atoms with van der Waals surface area (Å²) in [5.41, 5.74) is 2.99. The number of rotatable bonds is 4. The molecule has 0 aliphatic heterocycles. The Kier molecular flexibility index (Phi) is 4.95. The fourth-order valence-electron chi connectivity index (χ4n) is 1.85. The summed E-state index contributed by atoms with van der Waals surface area (Å²) in [6.07, 6.45) is 1.30. The molecule has 3 aromatic rings. The van der Waals surface area contributed by atoms with Gasteiger partial charge >= 0.3 is 11.8 Å². The molecule has 9 heteroatoms. The summed E-state index contributed by atoms with van der Waals surface area (Å²) in [5, 5.41) is 14.7. The molecule has 126 valence electrons. The highest BCUT2D eigenvalue weighted by Gasteiger charge is 2.16. The number of amides is 2. The second-order valence-corrected chi connectivity index (χ2v) is 5.86. The quantitative estimate of drug-likeness (QED) is 0.423. The number of hydrogen-bond acceptors (Lipinski definition) is 7. The third-order valence-electron chi connectivity index (χ3n) is 2.99. The van der Waals surface area contributed by atoms with Gasteiger partial charge in [0, 0.05) is 5.56 Å². The molecule has 0 radical (unpaired) electrons. The van der Waals surface area contributed by atoms with E-state index in [2.05, 4.69) is 26.0 Å². The van der Waals surface area contributed by atoms with Gasteiger partial charge in [0.05, 0.1) is 6.21 Å². The molecule has 2 amide bonds. The maximum Gasteiger partial charge on any atom is 0.329 e. The van der Waals surface area contributed by atoms with E-state index in [-0.39, 0.29) is 5.13 Å². The molecule has 1 aromatic carbocycles. The lowest BCUT2D eigenvalue weighted by atomic mass is 10.2. The van der Waals surface area contributed by atoms with Crippen molar-refractivity contribution in [3.63, 3.8) is 0 Å². The fraction of sp³-hybridized carbons (Fsp3) is 0.0625. The molecule has 2 heterocycles. The van der Waals surface area contributed by atoms with Crippen molar-refractivity contribution in [2.24, 2.45) is 5.10 Å². The van der Waals surface area contributed by atoms with Crippen molar-refractivity contribution >= 4 is 34.5 Å². The Balaban J connectivity index is 1.56. The second kappa shape index (κ2) is 7.49. The number of aryl methyl sites for hydroxylation is 1. The lowest BCUT2D eigenvalue weighted by Crippen LogP contribution is -2.32. The number of nitrogens with one attached hydrogen (secondary N) is 2. The van der Waals surface area contributed by atoms with E-state index in [1.807, 2.05) is 30.3 Å². The van der Waals surface area contributed by atoms with Gasteiger partial charge in [-0.2, -0.15) is 5.10 Å². The topological polar surface area (TPSA) is 109 Å². The Morgan fingerprint density at radius 2 is 1.92 bits per heavy atom. The van der Waals surface area contributed by atoms with E-state index in [1.165, 1.54) is 17.6 Å². The van der Waals surface area contributed by atoms with Crippen molar-refractivity contribution in [2.75, 3.05) is 5.32 Å². The predicted octanol–water partition coefficient (Wildman–Crippen LogP) is 2.20. The largest absolute Gasteiger partial charge is 0.460 e. The number of carbonyl (C=O) groups is 2. The van der Waals surface area contributed by atoms with E-state index >= 15 is 0 Å². The van der Waals surface area contributed by atoms with E-state index in [0.29, 0.717) is 10.8 Å². The summed E-state index contributed by atoms with van der Waals surface area (Å²) in [6, 6.07) is 12.9. The van der Waals surface area contributed by atoms with Crippen LogP contribution in [-0.4, -0.2) is 28.2 Å². The molecule has 3 rings (SSSR count). The number of benzene rings is 1. The van der Waals surface area contributed by atoms with Gasteiger partial charge in [-0.3, -0.25) is 14.9 Å². The van der Waals surface area contributed by atoms with Crippen LogP contribution in [0.2, 0.25) is 0 Å². The minimum Gasteiger partial charge on any atom is -0.460 e. The van der Waals surface area contributed by atoms with Gasteiger partial charge in [0.25, 0.3) is 0 Å². The number of furan rings is 1. The van der Waals surface area contributed by atoms with Crippen LogP contribution in [0.4, 0.5) is 5.13 Å². The van der Waals surface area contributed by atoms with Crippen molar-refractivity contribution in [1.29, 1.82) is 0 Å². The first-order chi connectivity index (χ1) is 12.1. The molecule has 8 nitrogen and oxygen atoms in total. The molecular weight excluding hydrogens is 342 g/mol. The van der Waals surface area contributed by atoms with Crippen LogP contribution in [0.3, 0.4) is 0 Å². The Bertz CT molecular complexity index is 917. The van der Waals surface area contributed by atoms with Crippen molar-refractivity contribution < 1.29 is 14.0 Å². The van der Waals surface area contributed by atoms with E-state index < -0.39 is 11.8 Å². The molecule has 25 heavy (non-hydrogen) atoms. The number of hydrogen-bond donors (Lipinski definition) is 2. The number of nitrogens with zero attached hydrogens (tertiary/aromatic N) is 3. The molecule has 0 bridgehead atoms. The molecule has 0 fully saturated rings. The summed E-state index contributed by atoms with van der Waals surface area (Å²) < 4.78 is 5.25. The Morgan fingerprint density at radius 1 is 1.12 bits per heavy atom. The summed E-state index contributed by atoms with van der Waals surface area (Å²) in [7, 11) is 0. The Hall–Kier alpha value is -3.33. The van der Waals surface area contributed by atoms with Crippen molar-refractivity contribution in [1.82, 2.24) is 15.6 Å². The van der Waals surface area contributed by atoms with Crippen molar-refractivity contribution in [3.8, 4) is 10.6 Å². The van der Waals surface area contributed by atoms with Gasteiger partial charge in [0.15, 0.2) is 0 Å². The van der Waals surface area contributed by atoms with Crippen LogP contribution in [0.1, 0.15) is 11.5 Å². The minimum absolute atomic E-state index is 0.227. The highest BCUT2D eigenvalue weighted by molar-refractivity contribution is 7.18. The van der Waals surface area contributed by atoms with Crippen LogP contribution in [0, 0.1) is 6.92 Å². The summed E-state index contributed by atoms with van der Waals surface area (Å²) >= 11 is 1.17. The molecule has 0 aliphatic rings. The first-order valence-electron chi connectivity index (χ1n) is 7.21. The molecule has 2 N–H and O–H groups in total. The third kappa shape index (κ3) is 4.36. The van der Waals surface area contributed by atoms with Crippen LogP contribution in [0.25, 0.3) is 10.6 Å². The van der Waals surface area contributed by atoms with Gasteiger partial charge in [0.2, 0.25) is 5.13 Å². The van der Waals surface area contributed by atoms with Crippen molar-refractivity contribution in [3.05, 3.63) is 54.0 Å². The Labute approximate surface area is 146 Å². The van der Waals surface area contributed by atoms with Gasteiger partial charge < -0.3 is 4.42 Å². The molecule has 0 atom stereocenters. The molecule has 0 aliphatic carbocycles. The molecule has 0 saturated heterocycles. The predicted molar refractivity (Wildman–Crippen MR) is 93.2 cm³/mol. The van der Waals surface area contributed by atoms with Gasteiger partial charge in [-0.25, -0.2) is 5.43 Å². The number of carbonyl (C=O) groups excluding carboxylic acids is 2. The van der Waals surface area contributed by atoms with Crippen LogP contribution < -0.4 is 10.7 Å². The molecule has 0 spiro atoms. The number of anilines is 1. The van der Waals surface area contributed by atoms with E-state index in [0.717, 1.165) is 11.3 Å². The van der Waals surface area contributed by atoms with Gasteiger partial charge in [-0.15, -0.1) is 10.2 Å². The maximum absolute atomic E-state index is 11.8. The molecule has 2 aromatic heterocycles. The average molecular weight is 355 g/mol. The molecule has 0 unspecified atom stereocenters. The lowest BCUT2D eigenvalue weighted by molar-refractivity contribution is -0.136. The van der Waals surface area contributed by atoms with Gasteiger partial charge in [0.1, 0.15) is 16.5 Å². The van der Waals surface area contributed by atoms with E-state index in [1.54, 1.807) is 19.1 Å². The summed E-state index contributed by atoms with van der Waals surface area (Å²) in [6.45, 7) is 1.79. The number of hydrazone groups is 1. The lowest BCUT2D eigenvalue weighted by Gasteiger charge is -1.98. The van der Waals surface area contributed by atoms with Gasteiger partial charge in [-0.05, 0) is 19.1 Å². The molecular formula is C16H13N5O3S. The number of aromatic nitrogens is 2. The van der Waals surface area contributed by atoms with Crippen LogP contribution in [0.15, 0.2) is 52.0 Å². The zero-order valence-electron chi connectivity index (χ0n) is 13.1. The van der Waals surface area contributed by atoms with E-state index in [4.69, 9.17) is 4.42 Å². The maximum atomic E-state index is 11.8. The smallest absolute Gasteiger partial charge is 0.329 e. The van der Waals surface area contributed by atoms with Crippen LogP contribution >= 0.6 is 11.3 Å². The standard InChI is InChI=1S/C16H13N5O3S/c1-10-7-8-12(24-10)9-17-19-14(23)13(22)18-16-21-20-15(25-16)11-5-3-2-4-6-11/h2-9H,1H3,(H,19,23)(H,18,21,22)/b17-9+. The third-order valence-corrected chi connectivity index (χ3v) is 3.88. The molecule has 0 saturated carbocycles. The normalized spacial score (nSPS) is 10.8. The highest BCUT2D eigenvalue weighted by Crippen LogP contribution is 2.25. The monoisotopic (exact) mass is 355 g/mol. The Morgan fingerprint density at radius 3 is 2.64 bits per heavy atom. The summed E-state index contributed by atoms with van der Waals surface area (Å²) in [5.74, 6) is -0.620. The second-order valence-electron chi connectivity index (χ2n) is 4.88. The zero-order chi connectivity index (χ0) is 17.6. The highest BCUT2D eigenvalue weighted by atomic mass is 32.1. The van der Waals surface area contributed by atoms with Crippen LogP contribution in [-0.2, 0) is 9.59 Å². The summed E-state index contributed by atoms with van der Waals surface area (Å²) in [4.78, 5) is 23.5. The van der Waals surface area contributed by atoms with E-state index in [9.17, 15) is 9.59 Å². The first kappa shape index (κ1) is 16.5.